The van der Waals surface area contributed by atoms with Crippen molar-refractivity contribution in [3.8, 4) is 5.75 Å². The molecule has 164 valence electrons. The molecule has 0 atom stereocenters. The van der Waals surface area contributed by atoms with E-state index in [-0.39, 0.29) is 5.91 Å². The van der Waals surface area contributed by atoms with E-state index < -0.39 is 0 Å². The molecular formula is C26H26ClN3O2. The van der Waals surface area contributed by atoms with Gasteiger partial charge in [-0.05, 0) is 49.2 Å². The quantitative estimate of drug-likeness (QED) is 0.347. The fraction of sp³-hybridized carbons (Fsp3) is 0.231. The van der Waals surface area contributed by atoms with Crippen LogP contribution < -0.4 is 10.1 Å². The highest BCUT2D eigenvalue weighted by molar-refractivity contribution is 6.32. The summed E-state index contributed by atoms with van der Waals surface area (Å²) in [4.78, 5) is 17.2. The lowest BCUT2D eigenvalue weighted by molar-refractivity contribution is 0.0952. The maximum absolute atomic E-state index is 12.4. The Hall–Kier alpha value is -3.31. The Morgan fingerprint density at radius 2 is 1.78 bits per heavy atom. The van der Waals surface area contributed by atoms with Gasteiger partial charge in [-0.1, -0.05) is 54.1 Å². The number of imidazole rings is 1. The monoisotopic (exact) mass is 447 g/mol. The van der Waals surface area contributed by atoms with Crippen molar-refractivity contribution in [2.45, 2.75) is 26.3 Å². The molecule has 5 nitrogen and oxygen atoms in total. The van der Waals surface area contributed by atoms with Crippen LogP contribution in [0, 0.1) is 6.92 Å². The van der Waals surface area contributed by atoms with Gasteiger partial charge in [0.05, 0.1) is 22.6 Å². The fourth-order valence-corrected chi connectivity index (χ4v) is 3.94. The fourth-order valence-electron chi connectivity index (χ4n) is 3.75. The summed E-state index contributed by atoms with van der Waals surface area (Å²) in [6.07, 6.45) is 1.56. The molecule has 32 heavy (non-hydrogen) atoms. The lowest BCUT2D eigenvalue weighted by atomic mass is 10.1. The van der Waals surface area contributed by atoms with E-state index in [1.165, 1.54) is 0 Å². The van der Waals surface area contributed by atoms with E-state index >= 15 is 0 Å². The van der Waals surface area contributed by atoms with Crippen LogP contribution in [-0.4, -0.2) is 28.6 Å². The van der Waals surface area contributed by atoms with Crippen LogP contribution in [0.1, 0.15) is 28.2 Å². The number of halogens is 1. The van der Waals surface area contributed by atoms with Crippen LogP contribution in [0.25, 0.3) is 11.0 Å². The lowest BCUT2D eigenvalue weighted by Gasteiger charge is -2.12. The second-order valence-corrected chi connectivity index (χ2v) is 8.03. The maximum Gasteiger partial charge on any atom is 0.251 e. The smallest absolute Gasteiger partial charge is 0.251 e. The van der Waals surface area contributed by atoms with Crippen molar-refractivity contribution in [2.75, 3.05) is 13.2 Å². The summed E-state index contributed by atoms with van der Waals surface area (Å²) in [5.41, 5.74) is 3.74. The number of para-hydroxylation sites is 3. The van der Waals surface area contributed by atoms with Gasteiger partial charge in [-0.25, -0.2) is 4.98 Å². The molecule has 0 radical (unpaired) electrons. The first kappa shape index (κ1) is 21.9. The molecule has 1 heterocycles. The van der Waals surface area contributed by atoms with Crippen molar-refractivity contribution in [3.63, 3.8) is 0 Å². The van der Waals surface area contributed by atoms with Crippen molar-refractivity contribution in [2.24, 2.45) is 0 Å². The van der Waals surface area contributed by atoms with Gasteiger partial charge >= 0.3 is 0 Å². The van der Waals surface area contributed by atoms with E-state index in [2.05, 4.69) is 16.0 Å². The number of rotatable bonds is 9. The van der Waals surface area contributed by atoms with Crippen molar-refractivity contribution in [3.05, 3.63) is 94.8 Å². The number of nitrogens with one attached hydrogen (secondary N) is 1. The minimum absolute atomic E-state index is 0.0373. The Balaban J connectivity index is 1.38. The number of aryl methyl sites for hydroxylation is 2. The zero-order valence-corrected chi connectivity index (χ0v) is 18.8. The van der Waals surface area contributed by atoms with Gasteiger partial charge in [0.25, 0.3) is 5.91 Å². The predicted octanol–water partition coefficient (Wildman–Crippen LogP) is 5.44. The first-order valence-electron chi connectivity index (χ1n) is 10.8. The molecule has 0 saturated heterocycles. The first-order valence-corrected chi connectivity index (χ1v) is 11.2. The molecule has 4 rings (SSSR count). The normalized spacial score (nSPS) is 10.9. The zero-order chi connectivity index (χ0) is 22.3. The van der Waals surface area contributed by atoms with E-state index in [9.17, 15) is 4.79 Å². The molecule has 1 amide bonds. The van der Waals surface area contributed by atoms with E-state index in [0.717, 1.165) is 40.8 Å². The molecule has 1 aromatic heterocycles. The van der Waals surface area contributed by atoms with Gasteiger partial charge < -0.3 is 14.6 Å². The van der Waals surface area contributed by atoms with E-state index in [4.69, 9.17) is 21.3 Å². The van der Waals surface area contributed by atoms with Crippen LogP contribution in [-0.2, 0) is 13.0 Å². The molecule has 6 heteroatoms. The second-order valence-electron chi connectivity index (χ2n) is 7.62. The molecule has 0 fully saturated rings. The number of hydrogen-bond acceptors (Lipinski definition) is 3. The second kappa shape index (κ2) is 10.3. The minimum Gasteiger partial charge on any atom is -0.490 e. The number of carbonyl (C=O) groups is 1. The van der Waals surface area contributed by atoms with Crippen molar-refractivity contribution in [1.29, 1.82) is 0 Å². The summed E-state index contributed by atoms with van der Waals surface area (Å²) in [6, 6.07) is 23.2. The molecule has 0 aliphatic carbocycles. The van der Waals surface area contributed by atoms with E-state index in [1.807, 2.05) is 73.7 Å². The summed E-state index contributed by atoms with van der Waals surface area (Å²) in [5.74, 6) is 1.63. The van der Waals surface area contributed by atoms with Crippen LogP contribution in [0.2, 0.25) is 5.02 Å². The van der Waals surface area contributed by atoms with Gasteiger partial charge in [0.1, 0.15) is 18.2 Å². The molecule has 0 unspecified atom stereocenters. The Bertz CT molecular complexity index is 1220. The number of carbonyl (C=O) groups excluding carboxylic acids is 1. The maximum atomic E-state index is 12.4. The number of aromatic nitrogens is 2. The topological polar surface area (TPSA) is 56.2 Å². The Morgan fingerprint density at radius 3 is 2.62 bits per heavy atom. The predicted molar refractivity (Wildman–Crippen MR) is 129 cm³/mol. The van der Waals surface area contributed by atoms with E-state index in [1.54, 1.807) is 0 Å². The van der Waals surface area contributed by atoms with Crippen LogP contribution in [0.3, 0.4) is 0 Å². The third kappa shape index (κ3) is 5.11. The van der Waals surface area contributed by atoms with Gasteiger partial charge in [-0.15, -0.1) is 0 Å². The average Bonchev–Trinajstić information content (AvgIpc) is 3.15. The number of amides is 1. The molecular weight excluding hydrogens is 422 g/mol. The van der Waals surface area contributed by atoms with Crippen LogP contribution in [0.15, 0.2) is 72.8 Å². The Morgan fingerprint density at radius 1 is 1.03 bits per heavy atom. The summed E-state index contributed by atoms with van der Waals surface area (Å²) in [5, 5.41) is 3.62. The summed E-state index contributed by atoms with van der Waals surface area (Å²) in [7, 11) is 0. The molecule has 4 aromatic rings. The number of ether oxygens (including phenoxy) is 1. The summed E-state index contributed by atoms with van der Waals surface area (Å²) in [6.45, 7) is 3.69. The first-order chi connectivity index (χ1) is 15.6. The van der Waals surface area contributed by atoms with Gasteiger partial charge in [-0.2, -0.15) is 0 Å². The van der Waals surface area contributed by atoms with Gasteiger partial charge in [-0.3, -0.25) is 4.79 Å². The largest absolute Gasteiger partial charge is 0.490 e. The molecule has 0 aliphatic rings. The zero-order valence-electron chi connectivity index (χ0n) is 18.1. The number of hydrogen-bond donors (Lipinski definition) is 1. The van der Waals surface area contributed by atoms with Crippen LogP contribution in [0.4, 0.5) is 0 Å². The van der Waals surface area contributed by atoms with Crippen LogP contribution in [0.5, 0.6) is 5.75 Å². The van der Waals surface area contributed by atoms with Gasteiger partial charge in [0, 0.05) is 18.5 Å². The van der Waals surface area contributed by atoms with Crippen molar-refractivity contribution in [1.82, 2.24) is 14.9 Å². The lowest BCUT2D eigenvalue weighted by Crippen LogP contribution is -2.25. The highest BCUT2D eigenvalue weighted by Crippen LogP contribution is 2.23. The summed E-state index contributed by atoms with van der Waals surface area (Å²) >= 11 is 6.20. The van der Waals surface area contributed by atoms with E-state index in [0.29, 0.717) is 30.5 Å². The Kier molecular flexibility index (Phi) is 7.07. The molecule has 0 aliphatic heterocycles. The number of benzene rings is 3. The standard InChI is InChI=1S/C26H26ClN3O2/c1-19-9-2-3-10-20(19)26(31)28-16-8-15-25-29-22-12-5-6-13-23(22)30(25)17-18-32-24-14-7-4-11-21(24)27/h2-7,9-14H,8,15-18H2,1H3,(H,28,31). The minimum atomic E-state index is -0.0373. The molecule has 0 bridgehead atoms. The SMILES string of the molecule is Cc1ccccc1C(=O)NCCCc1nc2ccccc2n1CCOc1ccccc1Cl. The third-order valence-electron chi connectivity index (χ3n) is 5.40. The molecule has 3 aromatic carbocycles. The van der Waals surface area contributed by atoms with Crippen molar-refractivity contribution >= 4 is 28.5 Å². The molecule has 0 spiro atoms. The molecule has 0 saturated carbocycles. The van der Waals surface area contributed by atoms with Crippen LogP contribution >= 0.6 is 11.6 Å². The number of nitrogens with zero attached hydrogens (tertiary/aromatic N) is 2. The van der Waals surface area contributed by atoms with Gasteiger partial charge in [0.15, 0.2) is 0 Å². The van der Waals surface area contributed by atoms with Gasteiger partial charge in [0.2, 0.25) is 0 Å². The summed E-state index contributed by atoms with van der Waals surface area (Å²) < 4.78 is 8.08. The highest BCUT2D eigenvalue weighted by Gasteiger charge is 2.12. The highest BCUT2D eigenvalue weighted by atomic mass is 35.5. The third-order valence-corrected chi connectivity index (χ3v) is 5.71. The number of fused-ring (bicyclic) bond motifs is 1. The average molecular weight is 448 g/mol. The Labute approximate surface area is 193 Å². The van der Waals surface area contributed by atoms with Crippen molar-refractivity contribution < 1.29 is 9.53 Å². The molecule has 1 N–H and O–H groups in total.